The molecule has 0 aromatic heterocycles. The van der Waals surface area contributed by atoms with Crippen LogP contribution in [-0.2, 0) is 9.53 Å². The lowest BCUT2D eigenvalue weighted by Gasteiger charge is -2.12. The first-order valence-corrected chi connectivity index (χ1v) is 4.57. The second-order valence-electron chi connectivity index (χ2n) is 2.07. The molecule has 1 fully saturated rings. The third-order valence-corrected chi connectivity index (χ3v) is 3.09. The van der Waals surface area contributed by atoms with Gasteiger partial charge in [0.05, 0.1) is 6.61 Å². The topological polar surface area (TPSA) is 26.3 Å². The van der Waals surface area contributed by atoms with Gasteiger partial charge in [-0.3, -0.25) is 0 Å². The minimum atomic E-state index is -1.34. The molecule has 1 aliphatic rings. The van der Waals surface area contributed by atoms with E-state index in [1.165, 1.54) is 0 Å². The fraction of sp³-hybridized carbons (Fsp3) is 0.800. The Bertz CT molecular complexity index is 160. The van der Waals surface area contributed by atoms with Gasteiger partial charge >= 0.3 is 5.97 Å². The van der Waals surface area contributed by atoms with Gasteiger partial charge in [-0.2, -0.15) is 0 Å². The molecule has 0 aromatic carbocycles. The number of esters is 1. The van der Waals surface area contributed by atoms with Gasteiger partial charge in [0.1, 0.15) is 0 Å². The highest BCUT2D eigenvalue weighted by Crippen LogP contribution is 2.38. The second-order valence-corrected chi connectivity index (χ2v) is 4.11. The van der Waals surface area contributed by atoms with Crippen LogP contribution in [0.5, 0.6) is 0 Å². The zero-order valence-corrected chi connectivity index (χ0v) is 8.04. The minimum Gasteiger partial charge on any atom is -0.463 e. The van der Waals surface area contributed by atoms with E-state index in [4.69, 9.17) is 23.2 Å². The van der Waals surface area contributed by atoms with Gasteiger partial charge in [0.15, 0.2) is 0 Å². The van der Waals surface area contributed by atoms with Gasteiger partial charge in [0, 0.05) is 11.2 Å². The predicted molar refractivity (Wildman–Crippen MR) is 42.7 cm³/mol. The van der Waals surface area contributed by atoms with Gasteiger partial charge < -0.3 is 4.74 Å². The lowest BCUT2D eigenvalue weighted by atomic mass is 10.1. The highest BCUT2D eigenvalue weighted by molar-refractivity contribution is 9.09. The van der Waals surface area contributed by atoms with Crippen molar-refractivity contribution >= 4 is 45.1 Å². The summed E-state index contributed by atoms with van der Waals surface area (Å²) in [6, 6.07) is 0. The molecule has 58 valence electrons. The Labute approximate surface area is 76.9 Å². The Hall–Kier alpha value is 0.530. The average molecular weight is 248 g/mol. The summed E-state index contributed by atoms with van der Waals surface area (Å²) in [7, 11) is 0. The van der Waals surface area contributed by atoms with E-state index in [0.29, 0.717) is 11.9 Å². The summed E-state index contributed by atoms with van der Waals surface area (Å²) in [4.78, 5) is 10.8. The molecule has 1 heterocycles. The fourth-order valence-corrected chi connectivity index (χ4v) is 2.12. The van der Waals surface area contributed by atoms with Crippen molar-refractivity contribution in [3.8, 4) is 0 Å². The second kappa shape index (κ2) is 2.88. The van der Waals surface area contributed by atoms with Crippen molar-refractivity contribution in [2.75, 3.05) is 11.9 Å². The summed E-state index contributed by atoms with van der Waals surface area (Å²) < 4.78 is 3.30. The zero-order valence-electron chi connectivity index (χ0n) is 4.94. The van der Waals surface area contributed by atoms with Crippen molar-refractivity contribution in [1.29, 1.82) is 0 Å². The molecule has 0 spiro atoms. The van der Waals surface area contributed by atoms with Gasteiger partial charge in [-0.1, -0.05) is 39.1 Å². The van der Waals surface area contributed by atoms with E-state index in [2.05, 4.69) is 20.7 Å². The number of carbonyl (C=O) groups is 1. The number of alkyl halides is 3. The van der Waals surface area contributed by atoms with E-state index in [0.717, 1.165) is 0 Å². The molecule has 0 aliphatic carbocycles. The maximum absolute atomic E-state index is 10.8. The highest BCUT2D eigenvalue weighted by Gasteiger charge is 2.49. The summed E-state index contributed by atoms with van der Waals surface area (Å²) in [5, 5.41) is 0.575. The molecule has 0 N–H and O–H groups in total. The van der Waals surface area contributed by atoms with Gasteiger partial charge in [-0.25, -0.2) is 4.79 Å². The summed E-state index contributed by atoms with van der Waals surface area (Å²) in [5.74, 6) is -0.677. The molecule has 5 heteroatoms. The van der Waals surface area contributed by atoms with Crippen LogP contribution in [-0.4, -0.2) is 22.2 Å². The van der Waals surface area contributed by atoms with Crippen molar-refractivity contribution in [2.24, 2.45) is 5.92 Å². The standard InChI is InChI=1S/C5H5BrCl2O2/c6-1-3-2-10-4(9)5(3,7)8/h3H,1-2H2. The maximum Gasteiger partial charge on any atom is 0.343 e. The first-order valence-electron chi connectivity index (χ1n) is 2.70. The number of hydrogen-bond donors (Lipinski definition) is 0. The molecular weight excluding hydrogens is 243 g/mol. The third-order valence-electron chi connectivity index (χ3n) is 1.39. The quantitative estimate of drug-likeness (QED) is 0.521. The molecule has 1 unspecified atom stereocenters. The van der Waals surface area contributed by atoms with Crippen LogP contribution in [0, 0.1) is 5.92 Å². The predicted octanol–water partition coefficient (Wildman–Crippen LogP) is 1.73. The van der Waals surface area contributed by atoms with Crippen LogP contribution in [0.15, 0.2) is 0 Å². The third kappa shape index (κ3) is 1.27. The van der Waals surface area contributed by atoms with E-state index in [9.17, 15) is 4.79 Å². The van der Waals surface area contributed by atoms with E-state index < -0.39 is 10.3 Å². The zero-order chi connectivity index (χ0) is 7.78. The fourth-order valence-electron chi connectivity index (χ4n) is 0.685. The number of hydrogen-bond acceptors (Lipinski definition) is 2. The Morgan fingerprint density at radius 3 is 2.60 bits per heavy atom. The van der Waals surface area contributed by atoms with Crippen LogP contribution in [0.25, 0.3) is 0 Å². The monoisotopic (exact) mass is 246 g/mol. The first kappa shape index (κ1) is 8.62. The van der Waals surface area contributed by atoms with Crippen LogP contribution in [0.4, 0.5) is 0 Å². The number of halogens is 3. The largest absolute Gasteiger partial charge is 0.463 e. The lowest BCUT2D eigenvalue weighted by molar-refractivity contribution is -0.138. The van der Waals surface area contributed by atoms with Gasteiger partial charge in [-0.15, -0.1) is 0 Å². The summed E-state index contributed by atoms with van der Waals surface area (Å²) in [5.41, 5.74) is 0. The Morgan fingerprint density at radius 2 is 2.40 bits per heavy atom. The van der Waals surface area contributed by atoms with Crippen molar-refractivity contribution in [2.45, 2.75) is 4.33 Å². The molecule has 1 atom stereocenters. The van der Waals surface area contributed by atoms with E-state index >= 15 is 0 Å². The van der Waals surface area contributed by atoms with E-state index in [1.807, 2.05) is 0 Å². The maximum atomic E-state index is 10.8. The molecule has 0 bridgehead atoms. The molecule has 1 aliphatic heterocycles. The molecule has 0 radical (unpaired) electrons. The van der Waals surface area contributed by atoms with Crippen molar-refractivity contribution < 1.29 is 9.53 Å². The number of ether oxygens (including phenoxy) is 1. The van der Waals surface area contributed by atoms with E-state index in [-0.39, 0.29) is 5.92 Å². The van der Waals surface area contributed by atoms with Crippen LogP contribution < -0.4 is 0 Å². The van der Waals surface area contributed by atoms with Crippen molar-refractivity contribution in [3.63, 3.8) is 0 Å². The molecule has 0 amide bonds. The Kier molecular flexibility index (Phi) is 2.48. The molecule has 0 aromatic rings. The van der Waals surface area contributed by atoms with Crippen LogP contribution in [0.1, 0.15) is 0 Å². The summed E-state index contributed by atoms with van der Waals surface area (Å²) in [6.07, 6.45) is 0. The molecule has 10 heavy (non-hydrogen) atoms. The molecule has 1 rings (SSSR count). The number of cyclic esters (lactones) is 1. The SMILES string of the molecule is O=C1OCC(CBr)C1(Cl)Cl. The Balaban J connectivity index is 2.73. The van der Waals surface area contributed by atoms with Crippen LogP contribution in [0.3, 0.4) is 0 Å². The average Bonchev–Trinajstić information content (AvgIpc) is 2.10. The van der Waals surface area contributed by atoms with Gasteiger partial charge in [0.25, 0.3) is 0 Å². The summed E-state index contributed by atoms with van der Waals surface area (Å²) >= 11 is 14.5. The van der Waals surface area contributed by atoms with Gasteiger partial charge in [-0.05, 0) is 0 Å². The smallest absolute Gasteiger partial charge is 0.343 e. The van der Waals surface area contributed by atoms with E-state index in [1.54, 1.807) is 0 Å². The lowest BCUT2D eigenvalue weighted by Crippen LogP contribution is -2.28. The van der Waals surface area contributed by atoms with Gasteiger partial charge in [0.2, 0.25) is 4.33 Å². The highest BCUT2D eigenvalue weighted by atomic mass is 79.9. The molecule has 2 nitrogen and oxygen atoms in total. The normalized spacial score (nSPS) is 30.3. The number of carbonyl (C=O) groups excluding carboxylic acids is 1. The molecular formula is C5H5BrCl2O2. The Morgan fingerprint density at radius 1 is 1.80 bits per heavy atom. The van der Waals surface area contributed by atoms with Crippen LogP contribution in [0.2, 0.25) is 0 Å². The minimum absolute atomic E-state index is 0.136. The van der Waals surface area contributed by atoms with Crippen molar-refractivity contribution in [3.05, 3.63) is 0 Å². The number of rotatable bonds is 1. The molecule has 0 saturated carbocycles. The van der Waals surface area contributed by atoms with Crippen molar-refractivity contribution in [1.82, 2.24) is 0 Å². The molecule has 1 saturated heterocycles. The first-order chi connectivity index (χ1) is 4.59. The van der Waals surface area contributed by atoms with Crippen LogP contribution >= 0.6 is 39.1 Å². The summed E-state index contributed by atoms with van der Waals surface area (Å²) in [6.45, 7) is 0.303.